The fourth-order valence-corrected chi connectivity index (χ4v) is 3.77. The van der Waals surface area contributed by atoms with Crippen LogP contribution in [0.5, 0.6) is 0 Å². The van der Waals surface area contributed by atoms with Gasteiger partial charge in [-0.05, 0) is 42.4 Å². The smallest absolute Gasteiger partial charge is 0.422 e. The van der Waals surface area contributed by atoms with Crippen LogP contribution in [-0.2, 0) is 17.4 Å². The number of alkyl halides is 3. The first-order valence-electron chi connectivity index (χ1n) is 9.72. The van der Waals surface area contributed by atoms with Gasteiger partial charge in [0.2, 0.25) is 12.1 Å². The predicted molar refractivity (Wildman–Crippen MR) is 101 cm³/mol. The van der Waals surface area contributed by atoms with Crippen molar-refractivity contribution < 1.29 is 22.7 Å². The van der Waals surface area contributed by atoms with Crippen molar-refractivity contribution in [3.63, 3.8) is 0 Å². The van der Waals surface area contributed by atoms with Crippen LogP contribution in [0.25, 0.3) is 0 Å². The summed E-state index contributed by atoms with van der Waals surface area (Å²) in [5.74, 6) is 0.560. The third-order valence-corrected chi connectivity index (χ3v) is 5.47. The number of nitrogens with zero attached hydrogens (tertiary/aromatic N) is 2. The zero-order valence-corrected chi connectivity index (χ0v) is 15.8. The summed E-state index contributed by atoms with van der Waals surface area (Å²) < 4.78 is 39.0. The van der Waals surface area contributed by atoms with E-state index in [2.05, 4.69) is 17.4 Å². The second kappa shape index (κ2) is 7.57. The Morgan fingerprint density at radius 2 is 1.90 bits per heavy atom. The number of rotatable bonds is 5. The lowest BCUT2D eigenvalue weighted by Crippen LogP contribution is -2.38. The van der Waals surface area contributed by atoms with Gasteiger partial charge in [0.15, 0.2) is 6.20 Å². The first-order chi connectivity index (χ1) is 13.8. The predicted octanol–water partition coefficient (Wildman–Crippen LogP) is 3.15. The molecule has 1 aromatic carbocycles. The highest BCUT2D eigenvalue weighted by Gasteiger charge is 2.35. The first-order valence-corrected chi connectivity index (χ1v) is 9.72. The van der Waals surface area contributed by atoms with Gasteiger partial charge in [-0.25, -0.2) is 0 Å². The van der Waals surface area contributed by atoms with Crippen LogP contribution >= 0.6 is 0 Å². The number of anilines is 1. The van der Waals surface area contributed by atoms with Crippen molar-refractivity contribution in [2.45, 2.75) is 43.8 Å². The fraction of sp³-hybridized carbons (Fsp3) is 0.429. The zero-order chi connectivity index (χ0) is 20.6. The Hall–Kier alpha value is -2.77. The Kier molecular flexibility index (Phi) is 5.10. The molecule has 1 aromatic heterocycles. The van der Waals surface area contributed by atoms with E-state index in [1.54, 1.807) is 4.90 Å². The van der Waals surface area contributed by atoms with E-state index in [1.165, 1.54) is 18.4 Å². The maximum absolute atomic E-state index is 12.9. The molecular formula is C21H22F3N3O2. The molecule has 1 N–H and O–H groups in total. The summed E-state index contributed by atoms with van der Waals surface area (Å²) in [6, 6.07) is 8.91. The van der Waals surface area contributed by atoms with Gasteiger partial charge >= 0.3 is 6.18 Å². The van der Waals surface area contributed by atoms with Crippen molar-refractivity contribution >= 4 is 11.6 Å². The minimum Gasteiger partial charge on any atom is -0.619 e. The monoisotopic (exact) mass is 405 g/mol. The van der Waals surface area contributed by atoms with Gasteiger partial charge in [-0.1, -0.05) is 24.3 Å². The van der Waals surface area contributed by atoms with E-state index < -0.39 is 11.7 Å². The first kappa shape index (κ1) is 19.5. The lowest BCUT2D eigenvalue weighted by molar-refractivity contribution is -0.606. The van der Waals surface area contributed by atoms with Crippen molar-refractivity contribution in [3.05, 3.63) is 64.6 Å². The summed E-state index contributed by atoms with van der Waals surface area (Å²) in [5.41, 5.74) is 1.48. The lowest BCUT2D eigenvalue weighted by atomic mass is 10.1. The van der Waals surface area contributed by atoms with E-state index in [4.69, 9.17) is 0 Å². The molecule has 2 fully saturated rings. The van der Waals surface area contributed by atoms with Crippen LogP contribution in [0.15, 0.2) is 42.7 Å². The Morgan fingerprint density at radius 3 is 2.55 bits per heavy atom. The number of carbonyl (C=O) groups excluding carboxylic acids is 1. The SMILES string of the molecule is O=C(Cc1ccc(C2CC2)cc1)NC1CCN(c2cc(C(F)(F)F)c[n+]([O-])c2)C1. The van der Waals surface area contributed by atoms with Gasteiger partial charge in [0.05, 0.1) is 6.42 Å². The van der Waals surface area contributed by atoms with Crippen molar-refractivity contribution in [2.75, 3.05) is 18.0 Å². The molecule has 1 unspecified atom stereocenters. The second-order valence-corrected chi connectivity index (χ2v) is 7.83. The summed E-state index contributed by atoms with van der Waals surface area (Å²) in [7, 11) is 0. The number of pyridine rings is 1. The molecule has 2 aliphatic rings. The Morgan fingerprint density at radius 1 is 1.17 bits per heavy atom. The van der Waals surface area contributed by atoms with E-state index in [9.17, 15) is 23.2 Å². The fourth-order valence-electron chi connectivity index (χ4n) is 3.77. The van der Waals surface area contributed by atoms with Crippen LogP contribution in [0.3, 0.4) is 0 Å². The molecular weight excluding hydrogens is 383 g/mol. The molecule has 154 valence electrons. The molecule has 0 spiro atoms. The number of hydrogen-bond acceptors (Lipinski definition) is 3. The van der Waals surface area contributed by atoms with Crippen molar-refractivity contribution in [2.24, 2.45) is 0 Å². The lowest BCUT2D eigenvalue weighted by Gasteiger charge is -2.19. The maximum atomic E-state index is 12.9. The molecule has 1 saturated heterocycles. The van der Waals surface area contributed by atoms with E-state index in [0.29, 0.717) is 31.6 Å². The van der Waals surface area contributed by atoms with Gasteiger partial charge in [-0.3, -0.25) is 4.79 Å². The number of aromatic nitrogens is 1. The molecule has 1 aliphatic heterocycles. The molecule has 1 atom stereocenters. The normalized spacial score (nSPS) is 19.4. The summed E-state index contributed by atoms with van der Waals surface area (Å²) in [6.07, 6.45) is 0.415. The standard InChI is InChI=1S/C21H22F3N3O2/c22-21(23,24)17-10-19(13-27(29)11-17)26-8-7-18(12-26)25-20(28)9-14-1-3-15(4-2-14)16-5-6-16/h1-4,10-11,13,16,18H,5-9,12H2,(H,25,28). The average Bonchev–Trinajstić information content (AvgIpc) is 3.40. The number of carbonyl (C=O) groups is 1. The molecule has 2 heterocycles. The van der Waals surface area contributed by atoms with E-state index >= 15 is 0 Å². The summed E-state index contributed by atoms with van der Waals surface area (Å²) in [5, 5.41) is 14.5. The van der Waals surface area contributed by atoms with E-state index in [0.717, 1.165) is 17.8 Å². The quantitative estimate of drug-likeness (QED) is 0.614. The van der Waals surface area contributed by atoms with Crippen LogP contribution in [0.1, 0.15) is 41.9 Å². The van der Waals surface area contributed by atoms with Gasteiger partial charge in [-0.15, -0.1) is 0 Å². The Balaban J connectivity index is 1.33. The van der Waals surface area contributed by atoms with E-state index in [-0.39, 0.29) is 28.8 Å². The molecule has 0 radical (unpaired) electrons. The van der Waals surface area contributed by atoms with Crippen molar-refractivity contribution in [1.29, 1.82) is 0 Å². The van der Waals surface area contributed by atoms with Crippen molar-refractivity contribution in [1.82, 2.24) is 5.32 Å². The van der Waals surface area contributed by atoms with Gasteiger partial charge in [0.1, 0.15) is 11.3 Å². The highest BCUT2D eigenvalue weighted by Crippen LogP contribution is 2.39. The third kappa shape index (κ3) is 4.81. The molecule has 1 saturated carbocycles. The van der Waals surface area contributed by atoms with Crippen LogP contribution in [0.4, 0.5) is 18.9 Å². The summed E-state index contributed by atoms with van der Waals surface area (Å²) >= 11 is 0. The van der Waals surface area contributed by atoms with Crippen LogP contribution in [0, 0.1) is 5.21 Å². The Bertz CT molecular complexity index is 895. The molecule has 4 rings (SSSR count). The highest BCUT2D eigenvalue weighted by atomic mass is 19.4. The Labute approximate surface area is 166 Å². The number of halogens is 3. The number of hydrogen-bond donors (Lipinski definition) is 1. The second-order valence-electron chi connectivity index (χ2n) is 7.83. The average molecular weight is 405 g/mol. The van der Waals surface area contributed by atoms with Gasteiger partial charge in [-0.2, -0.15) is 17.9 Å². The summed E-state index contributed by atoms with van der Waals surface area (Å²) in [6.45, 7) is 0.843. The minimum atomic E-state index is -4.58. The maximum Gasteiger partial charge on any atom is 0.422 e. The zero-order valence-electron chi connectivity index (χ0n) is 15.8. The van der Waals surface area contributed by atoms with E-state index in [1.807, 2.05) is 12.1 Å². The van der Waals surface area contributed by atoms with Gasteiger partial charge in [0, 0.05) is 19.1 Å². The number of amides is 1. The van der Waals surface area contributed by atoms with Gasteiger partial charge < -0.3 is 15.4 Å². The summed E-state index contributed by atoms with van der Waals surface area (Å²) in [4.78, 5) is 14.0. The largest absolute Gasteiger partial charge is 0.619 e. The topological polar surface area (TPSA) is 59.3 Å². The van der Waals surface area contributed by atoms with Gasteiger partial charge in [0.25, 0.3) is 0 Å². The van der Waals surface area contributed by atoms with Crippen LogP contribution in [0.2, 0.25) is 0 Å². The molecule has 2 aromatic rings. The minimum absolute atomic E-state index is 0.112. The molecule has 0 bridgehead atoms. The molecule has 29 heavy (non-hydrogen) atoms. The number of nitrogens with one attached hydrogen (secondary N) is 1. The molecule has 1 amide bonds. The molecule has 8 heteroatoms. The van der Waals surface area contributed by atoms with Crippen LogP contribution in [-0.4, -0.2) is 25.0 Å². The number of benzene rings is 1. The third-order valence-electron chi connectivity index (χ3n) is 5.47. The molecule has 5 nitrogen and oxygen atoms in total. The van der Waals surface area contributed by atoms with Crippen LogP contribution < -0.4 is 14.9 Å². The van der Waals surface area contributed by atoms with Crippen molar-refractivity contribution in [3.8, 4) is 0 Å². The molecule has 1 aliphatic carbocycles. The highest BCUT2D eigenvalue weighted by molar-refractivity contribution is 5.79.